The number of nitrogen functional groups attached to an aromatic ring is 1. The largest absolute Gasteiger partial charge is 0.398 e. The highest BCUT2D eigenvalue weighted by Gasteiger charge is 2.32. The number of ether oxygens (including phenoxy) is 1. The highest BCUT2D eigenvalue weighted by atomic mass is 35.5. The van der Waals surface area contributed by atoms with Crippen LogP contribution in [0.3, 0.4) is 0 Å². The number of hydrogen-bond donors (Lipinski definition) is 3. The van der Waals surface area contributed by atoms with Crippen LogP contribution in [0, 0.1) is 0 Å². The lowest BCUT2D eigenvalue weighted by atomic mass is 9.95. The van der Waals surface area contributed by atoms with Gasteiger partial charge in [0.25, 0.3) is 0 Å². The predicted octanol–water partition coefficient (Wildman–Crippen LogP) is 0.742. The first-order valence-corrected chi connectivity index (χ1v) is 8.04. The third kappa shape index (κ3) is 3.42. The quantitative estimate of drug-likeness (QED) is 0.710. The van der Waals surface area contributed by atoms with Gasteiger partial charge in [-0.1, -0.05) is 17.7 Å². The minimum absolute atomic E-state index is 0.0523. The summed E-state index contributed by atoms with van der Waals surface area (Å²) in [6, 6.07) is 4.49. The molecule has 0 saturated carbocycles. The number of rotatable bonds is 4. The fraction of sp³-hybridized carbons (Fsp3) is 0.500. The Balaban J connectivity index is 2.15. The highest BCUT2D eigenvalue weighted by Crippen LogP contribution is 2.27. The molecule has 2 rings (SSSR count). The molecule has 1 aromatic rings. The summed E-state index contributed by atoms with van der Waals surface area (Å²) in [5, 5.41) is 10.3. The minimum atomic E-state index is -3.87. The van der Waals surface area contributed by atoms with Crippen molar-refractivity contribution in [3.05, 3.63) is 23.2 Å². The van der Waals surface area contributed by atoms with Crippen molar-refractivity contribution in [2.24, 2.45) is 0 Å². The molecule has 20 heavy (non-hydrogen) atoms. The number of halogens is 1. The van der Waals surface area contributed by atoms with Crippen LogP contribution in [0.25, 0.3) is 0 Å². The second-order valence-corrected chi connectivity index (χ2v) is 6.93. The van der Waals surface area contributed by atoms with Gasteiger partial charge in [0.05, 0.1) is 16.3 Å². The summed E-state index contributed by atoms with van der Waals surface area (Å²) in [7, 11) is -3.87. The lowest BCUT2D eigenvalue weighted by Crippen LogP contribution is -2.46. The Morgan fingerprint density at radius 1 is 1.40 bits per heavy atom. The second-order valence-electron chi connectivity index (χ2n) is 4.82. The molecule has 8 heteroatoms. The highest BCUT2D eigenvalue weighted by molar-refractivity contribution is 7.89. The topological polar surface area (TPSA) is 102 Å². The van der Waals surface area contributed by atoms with Crippen molar-refractivity contribution in [3.8, 4) is 0 Å². The van der Waals surface area contributed by atoms with Crippen molar-refractivity contribution in [2.45, 2.75) is 23.3 Å². The van der Waals surface area contributed by atoms with E-state index in [0.29, 0.717) is 26.1 Å². The lowest BCUT2D eigenvalue weighted by molar-refractivity contribution is -0.0588. The number of hydrogen-bond acceptors (Lipinski definition) is 5. The molecule has 0 aliphatic carbocycles. The summed E-state index contributed by atoms with van der Waals surface area (Å²) in [6.07, 6.45) is 0.765. The summed E-state index contributed by atoms with van der Waals surface area (Å²) >= 11 is 5.89. The second kappa shape index (κ2) is 5.87. The SMILES string of the molecule is Nc1cccc(Cl)c1S(=O)(=O)NCC1(O)CCOCC1. The molecular weight excluding hydrogens is 304 g/mol. The van der Waals surface area contributed by atoms with E-state index in [1.54, 1.807) is 6.07 Å². The number of sulfonamides is 1. The normalized spacial score (nSPS) is 18.9. The van der Waals surface area contributed by atoms with Crippen molar-refractivity contribution in [2.75, 3.05) is 25.5 Å². The number of aliphatic hydroxyl groups is 1. The van der Waals surface area contributed by atoms with Crippen molar-refractivity contribution < 1.29 is 18.3 Å². The Bertz CT molecular complexity index is 565. The smallest absolute Gasteiger partial charge is 0.244 e. The lowest BCUT2D eigenvalue weighted by Gasteiger charge is -2.32. The van der Waals surface area contributed by atoms with E-state index in [9.17, 15) is 13.5 Å². The minimum Gasteiger partial charge on any atom is -0.398 e. The predicted molar refractivity (Wildman–Crippen MR) is 76.1 cm³/mol. The Labute approximate surface area is 122 Å². The number of anilines is 1. The van der Waals surface area contributed by atoms with Crippen molar-refractivity contribution in [1.82, 2.24) is 4.72 Å². The summed E-state index contributed by atoms with van der Waals surface area (Å²) < 4.78 is 32.0. The third-order valence-electron chi connectivity index (χ3n) is 3.28. The van der Waals surface area contributed by atoms with E-state index in [2.05, 4.69) is 4.72 Å². The van der Waals surface area contributed by atoms with E-state index in [1.165, 1.54) is 12.1 Å². The average molecular weight is 321 g/mol. The van der Waals surface area contributed by atoms with Crippen molar-refractivity contribution >= 4 is 27.3 Å². The summed E-state index contributed by atoms with van der Waals surface area (Å²) in [4.78, 5) is -0.155. The Morgan fingerprint density at radius 2 is 2.05 bits per heavy atom. The molecule has 1 aromatic carbocycles. The molecule has 1 fully saturated rings. The molecule has 0 spiro atoms. The van der Waals surface area contributed by atoms with E-state index in [-0.39, 0.29) is 22.2 Å². The van der Waals surface area contributed by atoms with E-state index < -0.39 is 15.6 Å². The molecular formula is C12H17ClN2O4S. The van der Waals surface area contributed by atoms with Crippen LogP contribution in [0.5, 0.6) is 0 Å². The zero-order valence-corrected chi connectivity index (χ0v) is 12.4. The first-order valence-electron chi connectivity index (χ1n) is 6.18. The fourth-order valence-electron chi connectivity index (χ4n) is 2.04. The molecule has 0 unspecified atom stereocenters. The van der Waals surface area contributed by atoms with E-state index in [4.69, 9.17) is 22.1 Å². The molecule has 4 N–H and O–H groups in total. The molecule has 0 aromatic heterocycles. The maximum absolute atomic E-state index is 12.2. The molecule has 1 heterocycles. The number of nitrogens with two attached hydrogens (primary N) is 1. The monoisotopic (exact) mass is 320 g/mol. The van der Waals surface area contributed by atoms with E-state index in [1.807, 2.05) is 0 Å². The van der Waals surface area contributed by atoms with Gasteiger partial charge in [0.1, 0.15) is 4.90 Å². The molecule has 112 valence electrons. The molecule has 0 amide bonds. The van der Waals surface area contributed by atoms with Crippen LogP contribution in [0.1, 0.15) is 12.8 Å². The van der Waals surface area contributed by atoms with Gasteiger partial charge in [-0.25, -0.2) is 13.1 Å². The van der Waals surface area contributed by atoms with Crippen LogP contribution in [-0.4, -0.2) is 38.9 Å². The van der Waals surface area contributed by atoms with Gasteiger partial charge in [0.15, 0.2) is 0 Å². The van der Waals surface area contributed by atoms with Crippen LogP contribution in [0.15, 0.2) is 23.1 Å². The molecule has 1 aliphatic rings. The van der Waals surface area contributed by atoms with Crippen LogP contribution >= 0.6 is 11.6 Å². The van der Waals surface area contributed by atoms with E-state index >= 15 is 0 Å². The van der Waals surface area contributed by atoms with Crippen LogP contribution < -0.4 is 10.5 Å². The molecule has 0 bridgehead atoms. The molecule has 6 nitrogen and oxygen atoms in total. The van der Waals surface area contributed by atoms with Crippen molar-refractivity contribution in [1.29, 1.82) is 0 Å². The Hall–Kier alpha value is -0.860. The van der Waals surface area contributed by atoms with Crippen LogP contribution in [-0.2, 0) is 14.8 Å². The summed E-state index contributed by atoms with van der Waals surface area (Å²) in [5.41, 5.74) is 4.64. The first-order chi connectivity index (χ1) is 9.34. The zero-order chi connectivity index (χ0) is 14.8. The fourth-order valence-corrected chi connectivity index (χ4v) is 3.83. The van der Waals surface area contributed by atoms with Gasteiger partial charge < -0.3 is 15.6 Å². The van der Waals surface area contributed by atoms with Crippen LogP contribution in [0.2, 0.25) is 5.02 Å². The van der Waals surface area contributed by atoms with Gasteiger partial charge in [-0.05, 0) is 12.1 Å². The molecule has 0 radical (unpaired) electrons. The van der Waals surface area contributed by atoms with Gasteiger partial charge >= 0.3 is 0 Å². The standard InChI is InChI=1S/C12H17ClN2O4S/c13-9-2-1-3-10(14)11(9)20(17,18)15-8-12(16)4-6-19-7-5-12/h1-3,15-16H,4-8,14H2. The van der Waals surface area contributed by atoms with Gasteiger partial charge in [0.2, 0.25) is 10.0 Å². The average Bonchev–Trinajstić information content (AvgIpc) is 2.37. The van der Waals surface area contributed by atoms with E-state index in [0.717, 1.165) is 0 Å². The van der Waals surface area contributed by atoms with Gasteiger partial charge in [0, 0.05) is 32.6 Å². The maximum atomic E-state index is 12.2. The molecule has 0 atom stereocenters. The zero-order valence-electron chi connectivity index (χ0n) is 10.8. The number of nitrogens with one attached hydrogen (secondary N) is 1. The summed E-state index contributed by atoms with van der Waals surface area (Å²) in [6.45, 7) is 0.724. The first kappa shape index (κ1) is 15.5. The van der Waals surface area contributed by atoms with Crippen molar-refractivity contribution in [3.63, 3.8) is 0 Å². The van der Waals surface area contributed by atoms with Gasteiger partial charge in [-0.15, -0.1) is 0 Å². The Morgan fingerprint density at radius 3 is 2.65 bits per heavy atom. The van der Waals surface area contributed by atoms with Crippen LogP contribution in [0.4, 0.5) is 5.69 Å². The third-order valence-corrected chi connectivity index (χ3v) is 5.23. The molecule has 1 saturated heterocycles. The van der Waals surface area contributed by atoms with Gasteiger partial charge in [-0.2, -0.15) is 0 Å². The maximum Gasteiger partial charge on any atom is 0.244 e. The number of benzene rings is 1. The Kier molecular flexibility index (Phi) is 4.55. The van der Waals surface area contributed by atoms with Gasteiger partial charge in [-0.3, -0.25) is 0 Å². The molecule has 1 aliphatic heterocycles. The summed E-state index contributed by atoms with van der Waals surface area (Å²) in [5.74, 6) is 0.